The summed E-state index contributed by atoms with van der Waals surface area (Å²) in [7, 11) is 2.26. The first-order chi connectivity index (χ1) is 11.6. The van der Waals surface area contributed by atoms with E-state index in [4.69, 9.17) is 0 Å². The van der Waals surface area contributed by atoms with Crippen molar-refractivity contribution in [1.29, 1.82) is 0 Å². The first-order valence-electron chi connectivity index (χ1n) is 9.39. The van der Waals surface area contributed by atoms with Crippen LogP contribution in [0.25, 0.3) is 0 Å². The highest BCUT2D eigenvalue weighted by molar-refractivity contribution is 5.73. The zero-order valence-electron chi connectivity index (χ0n) is 15.1. The quantitative estimate of drug-likeness (QED) is 0.921. The summed E-state index contributed by atoms with van der Waals surface area (Å²) in [4.78, 5) is 16.0. The molecular formula is C20H31N3O. The van der Waals surface area contributed by atoms with Gasteiger partial charge in [0.2, 0.25) is 5.91 Å². The van der Waals surface area contributed by atoms with E-state index in [9.17, 15) is 4.79 Å². The number of likely N-dealkylation sites (tertiary alicyclic amines) is 2. The number of carbonyl (C=O) groups excluding carboxylic acids is 1. The van der Waals surface area contributed by atoms with Gasteiger partial charge in [0.1, 0.15) is 0 Å². The molecule has 1 aromatic carbocycles. The topological polar surface area (TPSA) is 35.6 Å². The Morgan fingerprint density at radius 3 is 2.50 bits per heavy atom. The van der Waals surface area contributed by atoms with Crippen molar-refractivity contribution >= 4 is 5.91 Å². The number of rotatable bonds is 4. The third kappa shape index (κ3) is 4.37. The Kier molecular flexibility index (Phi) is 5.90. The molecule has 2 unspecified atom stereocenters. The summed E-state index contributed by atoms with van der Waals surface area (Å²) in [6.45, 7) is 4.68. The van der Waals surface area contributed by atoms with Gasteiger partial charge in [-0.25, -0.2) is 0 Å². The van der Waals surface area contributed by atoms with Gasteiger partial charge in [0, 0.05) is 38.1 Å². The van der Waals surface area contributed by atoms with Gasteiger partial charge in [0.15, 0.2) is 0 Å². The molecule has 2 atom stereocenters. The summed E-state index contributed by atoms with van der Waals surface area (Å²) in [5.74, 6) is 0.216. The van der Waals surface area contributed by atoms with Crippen LogP contribution in [0.2, 0.25) is 0 Å². The average Bonchev–Trinajstić information content (AvgIpc) is 2.59. The first kappa shape index (κ1) is 17.4. The van der Waals surface area contributed by atoms with Crippen molar-refractivity contribution in [3.63, 3.8) is 0 Å². The molecule has 2 fully saturated rings. The van der Waals surface area contributed by atoms with Crippen LogP contribution in [-0.4, -0.2) is 60.5 Å². The van der Waals surface area contributed by atoms with Crippen molar-refractivity contribution in [2.45, 2.75) is 57.2 Å². The molecule has 2 aliphatic heterocycles. The average molecular weight is 329 g/mol. The number of hydrogen-bond donors (Lipinski definition) is 1. The molecule has 24 heavy (non-hydrogen) atoms. The lowest BCUT2D eigenvalue weighted by molar-refractivity contribution is -0.129. The van der Waals surface area contributed by atoms with E-state index in [-0.39, 0.29) is 5.91 Å². The van der Waals surface area contributed by atoms with Crippen molar-refractivity contribution in [2.75, 3.05) is 26.7 Å². The Morgan fingerprint density at radius 1 is 1.12 bits per heavy atom. The Hall–Kier alpha value is -1.39. The molecule has 132 valence electrons. The van der Waals surface area contributed by atoms with Crippen LogP contribution < -0.4 is 5.32 Å². The minimum absolute atomic E-state index is 0.216. The van der Waals surface area contributed by atoms with E-state index in [2.05, 4.69) is 47.6 Å². The van der Waals surface area contributed by atoms with E-state index in [0.29, 0.717) is 18.1 Å². The molecular weight excluding hydrogens is 298 g/mol. The van der Waals surface area contributed by atoms with Gasteiger partial charge in [0.05, 0.1) is 0 Å². The second kappa shape index (κ2) is 8.13. The van der Waals surface area contributed by atoms with Crippen LogP contribution in [0, 0.1) is 0 Å². The monoisotopic (exact) mass is 329 g/mol. The van der Waals surface area contributed by atoms with Crippen molar-refractivity contribution in [2.24, 2.45) is 0 Å². The molecule has 0 aliphatic carbocycles. The highest BCUT2D eigenvalue weighted by atomic mass is 16.2. The van der Waals surface area contributed by atoms with Crippen molar-refractivity contribution in [3.8, 4) is 0 Å². The maximum absolute atomic E-state index is 11.5. The Balaban J connectivity index is 1.59. The predicted molar refractivity (Wildman–Crippen MR) is 98.0 cm³/mol. The van der Waals surface area contributed by atoms with Crippen LogP contribution in [-0.2, 0) is 11.2 Å². The molecule has 1 aromatic rings. The van der Waals surface area contributed by atoms with E-state index in [1.165, 1.54) is 24.9 Å². The van der Waals surface area contributed by atoms with Gasteiger partial charge in [-0.1, -0.05) is 30.3 Å². The van der Waals surface area contributed by atoms with Crippen LogP contribution in [0.5, 0.6) is 0 Å². The summed E-state index contributed by atoms with van der Waals surface area (Å²) in [5, 5.41) is 3.94. The minimum atomic E-state index is 0.216. The second-order valence-electron chi connectivity index (χ2n) is 7.43. The Labute approximate surface area is 146 Å². The Bertz CT molecular complexity index is 525. The van der Waals surface area contributed by atoms with Gasteiger partial charge >= 0.3 is 0 Å². The van der Waals surface area contributed by atoms with Gasteiger partial charge in [-0.3, -0.25) is 4.79 Å². The molecule has 0 bridgehead atoms. The molecule has 2 saturated heterocycles. The maximum Gasteiger partial charge on any atom is 0.219 e. The summed E-state index contributed by atoms with van der Waals surface area (Å²) in [5.41, 5.74) is 1.43. The van der Waals surface area contributed by atoms with Crippen LogP contribution in [0.1, 0.15) is 38.2 Å². The van der Waals surface area contributed by atoms with Crippen molar-refractivity contribution in [1.82, 2.24) is 15.1 Å². The fourth-order valence-corrected chi connectivity index (χ4v) is 4.24. The second-order valence-corrected chi connectivity index (χ2v) is 7.43. The molecule has 4 nitrogen and oxygen atoms in total. The number of carbonyl (C=O) groups is 1. The van der Waals surface area contributed by atoms with Crippen molar-refractivity contribution < 1.29 is 4.79 Å². The number of nitrogens with zero attached hydrogens (tertiary/aromatic N) is 2. The van der Waals surface area contributed by atoms with Gasteiger partial charge < -0.3 is 15.1 Å². The summed E-state index contributed by atoms with van der Waals surface area (Å²) < 4.78 is 0. The lowest BCUT2D eigenvalue weighted by atomic mass is 9.90. The normalized spacial score (nSPS) is 26.5. The van der Waals surface area contributed by atoms with E-state index < -0.39 is 0 Å². The molecule has 0 saturated carbocycles. The van der Waals surface area contributed by atoms with Crippen LogP contribution in [0.4, 0.5) is 0 Å². The number of nitrogens with one attached hydrogen (secondary N) is 1. The SMILES string of the molecule is CC(=O)N1CCC(NC2CCCN(C)C2Cc2ccccc2)CC1. The van der Waals surface area contributed by atoms with E-state index in [1.54, 1.807) is 6.92 Å². The molecule has 2 aliphatic rings. The third-order valence-electron chi connectivity index (χ3n) is 5.73. The minimum Gasteiger partial charge on any atom is -0.343 e. The number of amides is 1. The van der Waals surface area contributed by atoms with Gasteiger partial charge in [-0.15, -0.1) is 0 Å². The molecule has 1 amide bonds. The summed E-state index contributed by atoms with van der Waals surface area (Å²) >= 11 is 0. The van der Waals surface area contributed by atoms with Gasteiger partial charge in [-0.05, 0) is 51.3 Å². The molecule has 0 spiro atoms. The molecule has 3 rings (SSSR count). The zero-order chi connectivity index (χ0) is 16.9. The molecule has 4 heteroatoms. The van der Waals surface area contributed by atoms with E-state index >= 15 is 0 Å². The summed E-state index contributed by atoms with van der Waals surface area (Å²) in [6, 6.07) is 12.5. The number of piperidine rings is 2. The first-order valence-corrected chi connectivity index (χ1v) is 9.39. The van der Waals surface area contributed by atoms with E-state index in [1.807, 2.05) is 4.90 Å². The number of hydrogen-bond acceptors (Lipinski definition) is 3. The molecule has 0 aromatic heterocycles. The molecule has 2 heterocycles. The highest BCUT2D eigenvalue weighted by Crippen LogP contribution is 2.22. The van der Waals surface area contributed by atoms with Crippen LogP contribution >= 0.6 is 0 Å². The van der Waals surface area contributed by atoms with Gasteiger partial charge in [-0.2, -0.15) is 0 Å². The van der Waals surface area contributed by atoms with Crippen molar-refractivity contribution in [3.05, 3.63) is 35.9 Å². The lowest BCUT2D eigenvalue weighted by Crippen LogP contribution is -2.57. The maximum atomic E-state index is 11.5. The fraction of sp³-hybridized carbons (Fsp3) is 0.650. The van der Waals surface area contributed by atoms with Crippen LogP contribution in [0.3, 0.4) is 0 Å². The third-order valence-corrected chi connectivity index (χ3v) is 5.73. The van der Waals surface area contributed by atoms with E-state index in [0.717, 1.165) is 32.4 Å². The standard InChI is InChI=1S/C20H31N3O/c1-16(24)23-13-10-18(11-14-23)21-19-9-6-12-22(2)20(19)15-17-7-4-3-5-8-17/h3-5,7-8,18-21H,6,9-15H2,1-2H3. The largest absolute Gasteiger partial charge is 0.343 e. The Morgan fingerprint density at radius 2 is 1.83 bits per heavy atom. The number of benzene rings is 1. The summed E-state index contributed by atoms with van der Waals surface area (Å²) in [6.07, 6.45) is 5.80. The van der Waals surface area contributed by atoms with Gasteiger partial charge in [0.25, 0.3) is 0 Å². The smallest absolute Gasteiger partial charge is 0.219 e. The molecule has 0 radical (unpaired) electrons. The van der Waals surface area contributed by atoms with Crippen LogP contribution in [0.15, 0.2) is 30.3 Å². The highest BCUT2D eigenvalue weighted by Gasteiger charge is 2.31. The number of likely N-dealkylation sites (N-methyl/N-ethyl adjacent to an activating group) is 1. The molecule has 1 N–H and O–H groups in total. The fourth-order valence-electron chi connectivity index (χ4n) is 4.24. The zero-order valence-corrected chi connectivity index (χ0v) is 15.1. The predicted octanol–water partition coefficient (Wildman–Crippen LogP) is 2.29. The lowest BCUT2D eigenvalue weighted by Gasteiger charge is -2.43.